The summed E-state index contributed by atoms with van der Waals surface area (Å²) in [6.07, 6.45) is 5.10. The summed E-state index contributed by atoms with van der Waals surface area (Å²) in [5, 5.41) is 41.6. The summed E-state index contributed by atoms with van der Waals surface area (Å²) in [6, 6.07) is 5.85. The fourth-order valence-electron chi connectivity index (χ4n) is 5.92. The number of carbonyl (C=O) groups is 4. The first kappa shape index (κ1) is 46.4. The molecule has 0 bridgehead atoms. The number of nitrogens with one attached hydrogen (secondary N) is 3. The molecule has 1 heterocycles. The van der Waals surface area contributed by atoms with Crippen LogP contribution >= 0.6 is 20.2 Å². The Bertz CT molecular complexity index is 1310. The molecule has 3 rings (SSSR count). The molecule has 0 radical (unpaired) electrons. The Morgan fingerprint density at radius 1 is 0.925 bits per heavy atom. The van der Waals surface area contributed by atoms with Crippen LogP contribution in [0.25, 0.3) is 26.6 Å². The Hall–Kier alpha value is -2.73. The maximum atomic E-state index is 12.8. The van der Waals surface area contributed by atoms with Crippen LogP contribution in [0.2, 0.25) is 0 Å². The second kappa shape index (κ2) is 26.9. The zero-order valence-corrected chi connectivity index (χ0v) is 33.1. The summed E-state index contributed by atoms with van der Waals surface area (Å²) in [4.78, 5) is 53.2. The third-order valence-corrected chi connectivity index (χ3v) is 8.49. The number of amides is 3. The van der Waals surface area contributed by atoms with Crippen molar-refractivity contribution in [2.45, 2.75) is 101 Å². The Morgan fingerprint density at radius 2 is 1.58 bits per heavy atom. The van der Waals surface area contributed by atoms with Crippen molar-refractivity contribution in [2.75, 3.05) is 45.8 Å². The van der Waals surface area contributed by atoms with Gasteiger partial charge in [0.05, 0.1) is 18.7 Å². The van der Waals surface area contributed by atoms with Crippen LogP contribution in [0, 0.1) is 0 Å². The molecule has 1 unspecified atom stereocenters. The van der Waals surface area contributed by atoms with Gasteiger partial charge in [-0.15, -0.1) is 0 Å². The number of hydrogen-bond acceptors (Lipinski definition) is 5. The number of nitrogens with zero attached hydrogens (tertiary/aromatic N) is 6. The van der Waals surface area contributed by atoms with Crippen LogP contribution < -0.4 is 27.4 Å². The van der Waals surface area contributed by atoms with E-state index in [1.807, 2.05) is 0 Å². The standard InChI is InChI=1S/C34H54N11O5.2ClH.Mn.3H2/c1-22-18-40-23(2)19-41-26(20-42-29-11-4-3-10-28(29)38-14-13-37-22)9-6-12-39-30(46)16-27(17-32(48)49)44-31(47)21-43-33(50)24-7-5-8-25(15-24)45-34(35)36;;;;;;/h5,7-8,15,22-23,26-29H,3-4,6,9-14,16-21H2,1-2H3,(H,39,46)(H,43,50)(H,44,47)(H,48,49)(H4,35,36,45);2*1H;;3*1H/q-5;;;+2;;;/p-2/t22-,23+,26+,27?,28+,29+;;;;;;/m0....../s1. The summed E-state index contributed by atoms with van der Waals surface area (Å²) in [6.45, 7) is 7.38. The van der Waals surface area contributed by atoms with Crippen molar-refractivity contribution < 1.29 is 41.7 Å². The van der Waals surface area contributed by atoms with Crippen molar-refractivity contribution in [3.05, 3.63) is 56.4 Å². The molecule has 6 atom stereocenters. The van der Waals surface area contributed by atoms with E-state index in [2.05, 4.69) is 34.8 Å². The molecule has 2 fully saturated rings. The molecule has 2 aliphatic rings. The van der Waals surface area contributed by atoms with E-state index in [1.54, 1.807) is 12.1 Å². The molecule has 53 heavy (non-hydrogen) atoms. The van der Waals surface area contributed by atoms with E-state index in [-0.39, 0.29) is 71.5 Å². The van der Waals surface area contributed by atoms with E-state index < -0.39 is 36.8 Å². The molecule has 1 saturated heterocycles. The Kier molecular flexibility index (Phi) is 23.6. The van der Waals surface area contributed by atoms with Gasteiger partial charge in [-0.25, -0.2) is 4.99 Å². The summed E-state index contributed by atoms with van der Waals surface area (Å²) < 4.78 is 0. The molecule has 1 aromatic carbocycles. The van der Waals surface area contributed by atoms with Crippen molar-refractivity contribution in [3.63, 3.8) is 0 Å². The second-order valence-electron chi connectivity index (χ2n) is 13.1. The van der Waals surface area contributed by atoms with Crippen molar-refractivity contribution in [1.29, 1.82) is 0 Å². The first-order chi connectivity index (χ1) is 25.4. The number of aliphatic imine (C=N–C) groups is 1. The fraction of sp³-hybridized carbons (Fsp3) is 0.676. The summed E-state index contributed by atoms with van der Waals surface area (Å²) in [7, 11) is 9.59. The molecule has 8 N–H and O–H groups in total. The molecule has 1 aliphatic carbocycles. The Balaban J connectivity index is 0. The van der Waals surface area contributed by atoms with Gasteiger partial charge >= 0.3 is 39.3 Å². The molecule has 0 spiro atoms. The van der Waals surface area contributed by atoms with Crippen LogP contribution in [0.1, 0.15) is 79.9 Å². The number of carboxylic acids is 1. The number of nitrogens with two attached hydrogens (primary N) is 2. The summed E-state index contributed by atoms with van der Waals surface area (Å²) in [5.41, 5.74) is 11.4. The van der Waals surface area contributed by atoms with Gasteiger partial charge < -0.3 is 59.1 Å². The molecule has 1 saturated carbocycles. The van der Waals surface area contributed by atoms with E-state index >= 15 is 0 Å². The van der Waals surface area contributed by atoms with Gasteiger partial charge in [-0.3, -0.25) is 19.2 Å². The Labute approximate surface area is 332 Å². The van der Waals surface area contributed by atoms with Gasteiger partial charge in [0.25, 0.3) is 5.91 Å². The van der Waals surface area contributed by atoms with E-state index in [0.29, 0.717) is 44.8 Å². The average Bonchev–Trinajstić information content (AvgIpc) is 3.11. The Morgan fingerprint density at radius 3 is 2.28 bits per heavy atom. The maximum Gasteiger partial charge on any atom is 0 e. The number of halogens is 2. The topological polar surface area (TPSA) is 260 Å². The molecule has 19 heteroatoms. The van der Waals surface area contributed by atoms with Gasteiger partial charge in [0.2, 0.25) is 11.8 Å². The zero-order valence-electron chi connectivity index (χ0n) is 30.4. The van der Waals surface area contributed by atoms with Crippen LogP contribution in [0.5, 0.6) is 0 Å². The third-order valence-electron chi connectivity index (χ3n) is 8.49. The molecular formula is C34H60Cl2MnN11O5-5. The average molecular weight is 829 g/mol. The van der Waals surface area contributed by atoms with Crippen LogP contribution in [0.4, 0.5) is 5.69 Å². The molecule has 1 aliphatic heterocycles. The monoisotopic (exact) mass is 827 g/mol. The number of aliphatic carboxylic acids is 1. The third kappa shape index (κ3) is 21.1. The minimum Gasteiger partial charge on any atom is 0 e. The molecule has 307 valence electrons. The summed E-state index contributed by atoms with van der Waals surface area (Å²) >= 11 is 0.00694. The molecule has 0 aromatic heterocycles. The number of rotatable bonds is 13. The van der Waals surface area contributed by atoms with E-state index in [0.717, 1.165) is 32.2 Å². The second-order valence-corrected chi connectivity index (χ2v) is 15.0. The van der Waals surface area contributed by atoms with Gasteiger partial charge in [0.15, 0.2) is 5.96 Å². The molecular weight excluding hydrogens is 768 g/mol. The maximum absolute atomic E-state index is 12.8. The van der Waals surface area contributed by atoms with Gasteiger partial charge in [0.1, 0.15) is 0 Å². The van der Waals surface area contributed by atoms with Gasteiger partial charge in [0, 0.05) is 28.9 Å². The summed E-state index contributed by atoms with van der Waals surface area (Å²) in [5.74, 6) is -2.91. The molecule has 3 amide bonds. The van der Waals surface area contributed by atoms with Crippen molar-refractivity contribution in [3.8, 4) is 0 Å². The van der Waals surface area contributed by atoms with Crippen LogP contribution in [-0.4, -0.2) is 117 Å². The van der Waals surface area contributed by atoms with Gasteiger partial charge in [-0.05, 0) is 24.6 Å². The van der Waals surface area contributed by atoms with E-state index in [9.17, 15) is 24.3 Å². The zero-order chi connectivity index (χ0) is 39.0. The van der Waals surface area contributed by atoms with Gasteiger partial charge in [-0.1, -0.05) is 52.0 Å². The first-order valence-electron chi connectivity index (χ1n) is 17.9. The van der Waals surface area contributed by atoms with Crippen LogP contribution in [-0.2, 0) is 27.5 Å². The number of carbonyl (C=O) groups excluding carboxylic acids is 3. The number of benzene rings is 1. The number of carboxylic acid groups (broad SMARTS) is 1. The van der Waals surface area contributed by atoms with E-state index in [4.69, 9.17) is 58.2 Å². The SMILES string of the molecule is C[C@@H]1C[N-][C@H](CCCNC(=O)CC(CC(=O)O)NC(=O)CNC(=O)c2cccc(N=C(N)N)c2)C[N-][C@@H]2CCCC[C@H]2[N-]CC[N-][C@@H](C)C[N-]1.[Cl][Mn][Cl].[HH].[HH].[HH]. The van der Waals surface area contributed by atoms with E-state index in [1.165, 1.54) is 18.6 Å². The smallest absolute Gasteiger partial charge is 0 e. The molecule has 16 nitrogen and oxygen atoms in total. The predicted molar refractivity (Wildman–Crippen MR) is 213 cm³/mol. The number of fused-ring (bicyclic) bond motifs is 1. The van der Waals surface area contributed by atoms with Crippen LogP contribution in [0.3, 0.4) is 0 Å². The fourth-order valence-corrected chi connectivity index (χ4v) is 5.92. The first-order valence-corrected chi connectivity index (χ1v) is 21.1. The number of hydrogen-bond donors (Lipinski definition) is 6. The van der Waals surface area contributed by atoms with Gasteiger partial charge in [-0.2, -0.15) is 62.9 Å². The minimum atomic E-state index is -1.17. The normalized spacial score (nSPS) is 23.2. The quantitative estimate of drug-likeness (QED) is 0.0684. The van der Waals surface area contributed by atoms with Crippen molar-refractivity contribution in [1.82, 2.24) is 16.0 Å². The minimum absolute atomic E-state index is 0. The predicted octanol–water partition coefficient (Wildman–Crippen LogP) is 5.02. The van der Waals surface area contributed by atoms with Crippen molar-refractivity contribution in [2.24, 2.45) is 16.5 Å². The largest absolute Gasteiger partial charge is 0 e. The van der Waals surface area contributed by atoms with Crippen LogP contribution in [0.15, 0.2) is 29.3 Å². The number of guanidine groups is 1. The van der Waals surface area contributed by atoms with Crippen molar-refractivity contribution >= 4 is 55.5 Å². The molecule has 1 aromatic rings.